The van der Waals surface area contributed by atoms with Gasteiger partial charge in [-0.05, 0) is 18.1 Å². The first-order valence-electron chi connectivity index (χ1n) is 4.62. The van der Waals surface area contributed by atoms with Crippen LogP contribution < -0.4 is 10.6 Å². The molecule has 0 bridgehead atoms. The van der Waals surface area contributed by atoms with Gasteiger partial charge in [-0.25, -0.2) is 0 Å². The van der Waals surface area contributed by atoms with E-state index in [2.05, 4.69) is 29.6 Å². The van der Waals surface area contributed by atoms with Crippen molar-refractivity contribution in [2.75, 3.05) is 11.9 Å². The van der Waals surface area contributed by atoms with Gasteiger partial charge in [-0.3, -0.25) is 4.68 Å². The van der Waals surface area contributed by atoms with Crippen molar-refractivity contribution in [2.45, 2.75) is 13.8 Å². The molecular weight excluding hydrogens is 196 g/mol. The third-order valence-corrected chi connectivity index (χ3v) is 1.98. The van der Waals surface area contributed by atoms with Crippen LogP contribution in [0.3, 0.4) is 0 Å². The first-order valence-corrected chi connectivity index (χ1v) is 5.03. The van der Waals surface area contributed by atoms with Gasteiger partial charge < -0.3 is 10.6 Å². The minimum Gasteiger partial charge on any atom is -0.362 e. The van der Waals surface area contributed by atoms with Crippen molar-refractivity contribution in [3.63, 3.8) is 0 Å². The summed E-state index contributed by atoms with van der Waals surface area (Å²) < 4.78 is 1.74. The van der Waals surface area contributed by atoms with Crippen molar-refractivity contribution in [3.05, 3.63) is 12.3 Å². The van der Waals surface area contributed by atoms with Crippen LogP contribution in [0.2, 0.25) is 0 Å². The van der Waals surface area contributed by atoms with Crippen LogP contribution in [-0.4, -0.2) is 21.4 Å². The lowest BCUT2D eigenvalue weighted by Crippen LogP contribution is -2.32. The standard InChI is InChI=1S/C9H16N4S/c1-7(2)6-10-9(14)12-8-4-5-11-13(8)3/h4-5,7H,6H2,1-3H3,(H2,10,12,14). The molecule has 4 nitrogen and oxygen atoms in total. The smallest absolute Gasteiger partial charge is 0.171 e. The lowest BCUT2D eigenvalue weighted by molar-refractivity contribution is 0.627. The number of rotatable bonds is 3. The predicted molar refractivity (Wildman–Crippen MR) is 62.3 cm³/mol. The fourth-order valence-electron chi connectivity index (χ4n) is 0.954. The van der Waals surface area contributed by atoms with Crippen LogP contribution in [0.15, 0.2) is 12.3 Å². The molecule has 14 heavy (non-hydrogen) atoms. The van der Waals surface area contributed by atoms with Crippen LogP contribution >= 0.6 is 12.2 Å². The molecule has 0 fully saturated rings. The number of nitrogens with zero attached hydrogens (tertiary/aromatic N) is 2. The Bertz CT molecular complexity index is 306. The Kier molecular flexibility index (Phi) is 3.88. The minimum atomic E-state index is 0.585. The summed E-state index contributed by atoms with van der Waals surface area (Å²) in [6.07, 6.45) is 1.73. The molecule has 0 saturated heterocycles. The third-order valence-electron chi connectivity index (χ3n) is 1.73. The predicted octanol–water partition coefficient (Wildman–Crippen LogP) is 1.36. The van der Waals surface area contributed by atoms with Gasteiger partial charge in [0.25, 0.3) is 0 Å². The molecule has 0 saturated carbocycles. The van der Waals surface area contributed by atoms with Crippen LogP contribution in [-0.2, 0) is 7.05 Å². The highest BCUT2D eigenvalue weighted by molar-refractivity contribution is 7.80. The average Bonchev–Trinajstić information content (AvgIpc) is 2.49. The van der Waals surface area contributed by atoms with E-state index in [0.29, 0.717) is 11.0 Å². The number of aromatic nitrogens is 2. The molecule has 1 rings (SSSR count). The normalized spacial score (nSPS) is 10.3. The third kappa shape index (κ3) is 3.33. The SMILES string of the molecule is CC(C)CNC(=S)Nc1ccnn1C. The fraction of sp³-hybridized carbons (Fsp3) is 0.556. The number of hydrogen-bond acceptors (Lipinski definition) is 2. The second-order valence-electron chi connectivity index (χ2n) is 3.57. The van der Waals surface area contributed by atoms with E-state index in [1.54, 1.807) is 10.9 Å². The van der Waals surface area contributed by atoms with Crippen LogP contribution in [0.5, 0.6) is 0 Å². The first-order chi connectivity index (χ1) is 6.59. The van der Waals surface area contributed by atoms with E-state index in [1.165, 1.54) is 0 Å². The summed E-state index contributed by atoms with van der Waals surface area (Å²) in [5.41, 5.74) is 0. The van der Waals surface area contributed by atoms with Gasteiger partial charge in [0.15, 0.2) is 5.11 Å². The van der Waals surface area contributed by atoms with Gasteiger partial charge in [0, 0.05) is 19.7 Å². The molecule has 0 radical (unpaired) electrons. The van der Waals surface area contributed by atoms with E-state index >= 15 is 0 Å². The van der Waals surface area contributed by atoms with Gasteiger partial charge in [0.05, 0.1) is 6.20 Å². The Labute approximate surface area is 89.7 Å². The maximum atomic E-state index is 5.12. The fourth-order valence-corrected chi connectivity index (χ4v) is 1.14. The van der Waals surface area contributed by atoms with E-state index in [4.69, 9.17) is 12.2 Å². The Morgan fingerprint density at radius 2 is 2.36 bits per heavy atom. The maximum Gasteiger partial charge on any atom is 0.171 e. The molecule has 1 aromatic rings. The van der Waals surface area contributed by atoms with Crippen molar-refractivity contribution < 1.29 is 0 Å². The van der Waals surface area contributed by atoms with Crippen LogP contribution in [0.1, 0.15) is 13.8 Å². The second kappa shape index (κ2) is 4.95. The molecule has 2 N–H and O–H groups in total. The zero-order valence-electron chi connectivity index (χ0n) is 8.74. The lowest BCUT2D eigenvalue weighted by atomic mass is 10.2. The van der Waals surface area contributed by atoms with E-state index < -0.39 is 0 Å². The zero-order chi connectivity index (χ0) is 10.6. The van der Waals surface area contributed by atoms with Crippen molar-refractivity contribution in [1.29, 1.82) is 0 Å². The highest BCUT2D eigenvalue weighted by Gasteiger charge is 2.01. The van der Waals surface area contributed by atoms with Crippen molar-refractivity contribution in [1.82, 2.24) is 15.1 Å². The molecule has 0 aliphatic heterocycles. The van der Waals surface area contributed by atoms with E-state index in [-0.39, 0.29) is 0 Å². The summed E-state index contributed by atoms with van der Waals surface area (Å²) >= 11 is 5.12. The van der Waals surface area contributed by atoms with E-state index in [0.717, 1.165) is 12.4 Å². The highest BCUT2D eigenvalue weighted by atomic mass is 32.1. The summed E-state index contributed by atoms with van der Waals surface area (Å²) in [5.74, 6) is 1.48. The summed E-state index contributed by atoms with van der Waals surface area (Å²) in [6.45, 7) is 5.16. The molecule has 0 aliphatic rings. The van der Waals surface area contributed by atoms with E-state index in [9.17, 15) is 0 Å². The molecule has 0 aromatic carbocycles. The van der Waals surface area contributed by atoms with Crippen molar-refractivity contribution >= 4 is 23.1 Å². The second-order valence-corrected chi connectivity index (χ2v) is 3.98. The van der Waals surface area contributed by atoms with Crippen molar-refractivity contribution in [3.8, 4) is 0 Å². The van der Waals surface area contributed by atoms with Crippen LogP contribution in [0.25, 0.3) is 0 Å². The Hall–Kier alpha value is -1.10. The monoisotopic (exact) mass is 212 g/mol. The lowest BCUT2D eigenvalue weighted by Gasteiger charge is -2.11. The van der Waals surface area contributed by atoms with Gasteiger partial charge >= 0.3 is 0 Å². The number of hydrogen-bond donors (Lipinski definition) is 2. The van der Waals surface area contributed by atoms with Gasteiger partial charge in [0.2, 0.25) is 0 Å². The zero-order valence-corrected chi connectivity index (χ0v) is 9.56. The summed E-state index contributed by atoms with van der Waals surface area (Å²) in [6, 6.07) is 1.88. The van der Waals surface area contributed by atoms with Gasteiger partial charge in [0.1, 0.15) is 5.82 Å². The average molecular weight is 212 g/mol. The van der Waals surface area contributed by atoms with Gasteiger partial charge in [-0.15, -0.1) is 0 Å². The van der Waals surface area contributed by atoms with Crippen LogP contribution in [0.4, 0.5) is 5.82 Å². The number of aryl methyl sites for hydroxylation is 1. The Morgan fingerprint density at radius 1 is 1.64 bits per heavy atom. The molecule has 5 heteroatoms. The summed E-state index contributed by atoms with van der Waals surface area (Å²) in [7, 11) is 1.87. The van der Waals surface area contributed by atoms with Gasteiger partial charge in [-0.2, -0.15) is 5.10 Å². The molecule has 0 amide bonds. The molecule has 1 heterocycles. The molecule has 1 aromatic heterocycles. The first kappa shape index (κ1) is 11.0. The number of anilines is 1. The summed E-state index contributed by atoms with van der Waals surface area (Å²) in [5, 5.41) is 10.9. The molecule has 0 atom stereocenters. The van der Waals surface area contributed by atoms with Gasteiger partial charge in [-0.1, -0.05) is 13.8 Å². The van der Waals surface area contributed by atoms with Crippen molar-refractivity contribution in [2.24, 2.45) is 13.0 Å². The molecule has 0 unspecified atom stereocenters. The molecule has 0 aliphatic carbocycles. The Morgan fingerprint density at radius 3 is 2.86 bits per heavy atom. The topological polar surface area (TPSA) is 41.9 Å². The van der Waals surface area contributed by atoms with E-state index in [1.807, 2.05) is 13.1 Å². The molecule has 78 valence electrons. The van der Waals surface area contributed by atoms with Crippen LogP contribution in [0, 0.1) is 5.92 Å². The molecular formula is C9H16N4S. The maximum absolute atomic E-state index is 5.12. The molecule has 0 spiro atoms. The Balaban J connectivity index is 2.38. The minimum absolute atomic E-state index is 0.585. The largest absolute Gasteiger partial charge is 0.362 e. The quantitative estimate of drug-likeness (QED) is 0.742. The highest BCUT2D eigenvalue weighted by Crippen LogP contribution is 2.02. The number of nitrogens with one attached hydrogen (secondary N) is 2. The number of thiocarbonyl (C=S) groups is 1. The summed E-state index contributed by atoms with van der Waals surface area (Å²) in [4.78, 5) is 0.